The highest BCUT2D eigenvalue weighted by Gasteiger charge is 2.36. The Morgan fingerprint density at radius 3 is 1.77 bits per heavy atom. The molecule has 56 heavy (non-hydrogen) atoms. The van der Waals surface area contributed by atoms with Crippen LogP contribution in [0.25, 0.3) is 94.4 Å². The van der Waals surface area contributed by atoms with E-state index in [1.807, 2.05) is 12.1 Å². The second-order valence-electron chi connectivity index (χ2n) is 15.4. The summed E-state index contributed by atoms with van der Waals surface area (Å²) in [5.41, 5.74) is 17.6. The van der Waals surface area contributed by atoms with Gasteiger partial charge in [0, 0.05) is 38.4 Å². The quantitative estimate of drug-likeness (QED) is 0.178. The number of para-hydroxylation sites is 2. The number of hydrogen-bond donors (Lipinski definition) is 0. The van der Waals surface area contributed by atoms with E-state index in [2.05, 4.69) is 194 Å². The summed E-state index contributed by atoms with van der Waals surface area (Å²) in [5.74, 6) is 0.718. The maximum Gasteiger partial charge on any atom is 0.160 e. The fourth-order valence-electron chi connectivity index (χ4n) is 8.94. The Labute approximate surface area is 326 Å². The SMILES string of the molecule is CC1(C)c2ccccc2-c2cc3c4cc(-c5ccc(-c6nc(-c7ccc(-c8ccccc8)cc7)c7ccccc7n6)cc5)ccc4n(-c4ccccc4)c3cc21. The normalized spacial score (nSPS) is 13.0. The number of fused-ring (bicyclic) bond motifs is 7. The molecule has 0 saturated carbocycles. The molecule has 8 aromatic carbocycles. The van der Waals surface area contributed by atoms with Crippen LogP contribution in [0.2, 0.25) is 0 Å². The molecule has 3 heteroatoms. The first-order valence-electron chi connectivity index (χ1n) is 19.3. The zero-order valence-electron chi connectivity index (χ0n) is 31.2. The Hall–Kier alpha value is -7.10. The summed E-state index contributed by atoms with van der Waals surface area (Å²) in [5, 5.41) is 3.56. The van der Waals surface area contributed by atoms with E-state index in [1.54, 1.807) is 0 Å². The first-order valence-corrected chi connectivity index (χ1v) is 19.3. The molecule has 3 nitrogen and oxygen atoms in total. The third kappa shape index (κ3) is 5.05. The lowest BCUT2D eigenvalue weighted by atomic mass is 9.82. The molecule has 1 aliphatic carbocycles. The zero-order chi connectivity index (χ0) is 37.4. The van der Waals surface area contributed by atoms with Crippen LogP contribution in [0.3, 0.4) is 0 Å². The molecule has 0 N–H and O–H groups in total. The number of rotatable bonds is 5. The molecule has 264 valence electrons. The maximum absolute atomic E-state index is 5.19. The van der Waals surface area contributed by atoms with Crippen molar-refractivity contribution >= 4 is 32.7 Å². The highest BCUT2D eigenvalue weighted by atomic mass is 15.0. The number of nitrogens with zero attached hydrogens (tertiary/aromatic N) is 3. The fraction of sp³-hybridized carbons (Fsp3) is 0.0566. The van der Waals surface area contributed by atoms with E-state index in [0.29, 0.717) is 0 Å². The van der Waals surface area contributed by atoms with Crippen molar-refractivity contribution in [1.82, 2.24) is 14.5 Å². The maximum atomic E-state index is 5.19. The minimum absolute atomic E-state index is 0.0759. The number of aromatic nitrogens is 3. The Kier molecular flexibility index (Phi) is 7.20. The van der Waals surface area contributed by atoms with Crippen LogP contribution in [0.5, 0.6) is 0 Å². The average molecular weight is 716 g/mol. The predicted molar refractivity (Wildman–Crippen MR) is 233 cm³/mol. The van der Waals surface area contributed by atoms with Crippen molar-refractivity contribution in [3.63, 3.8) is 0 Å². The van der Waals surface area contributed by atoms with Crippen LogP contribution >= 0.6 is 0 Å². The van der Waals surface area contributed by atoms with E-state index in [-0.39, 0.29) is 5.41 Å². The van der Waals surface area contributed by atoms with Crippen molar-refractivity contribution in [1.29, 1.82) is 0 Å². The van der Waals surface area contributed by atoms with Gasteiger partial charge in [-0.3, -0.25) is 0 Å². The third-order valence-corrected chi connectivity index (χ3v) is 11.8. The molecule has 0 amide bonds. The van der Waals surface area contributed by atoms with Gasteiger partial charge in [-0.05, 0) is 87.0 Å². The van der Waals surface area contributed by atoms with Gasteiger partial charge >= 0.3 is 0 Å². The van der Waals surface area contributed by atoms with Gasteiger partial charge < -0.3 is 4.57 Å². The fourth-order valence-corrected chi connectivity index (χ4v) is 8.94. The highest BCUT2D eigenvalue weighted by Crippen LogP contribution is 2.51. The van der Waals surface area contributed by atoms with Gasteiger partial charge in [0.2, 0.25) is 0 Å². The van der Waals surface area contributed by atoms with Crippen LogP contribution in [-0.4, -0.2) is 14.5 Å². The lowest BCUT2D eigenvalue weighted by molar-refractivity contribution is 0.661. The largest absolute Gasteiger partial charge is 0.309 e. The van der Waals surface area contributed by atoms with Gasteiger partial charge in [0.1, 0.15) is 0 Å². The van der Waals surface area contributed by atoms with E-state index in [9.17, 15) is 0 Å². The third-order valence-electron chi connectivity index (χ3n) is 11.8. The summed E-state index contributed by atoms with van der Waals surface area (Å²) in [6, 6.07) is 67.6. The molecule has 0 bridgehead atoms. The van der Waals surface area contributed by atoms with Gasteiger partial charge in [0.25, 0.3) is 0 Å². The van der Waals surface area contributed by atoms with Crippen molar-refractivity contribution in [2.75, 3.05) is 0 Å². The number of benzene rings is 8. The van der Waals surface area contributed by atoms with Crippen molar-refractivity contribution in [3.05, 3.63) is 199 Å². The molecule has 0 unspecified atom stereocenters. The molecule has 11 rings (SSSR count). The molecule has 0 spiro atoms. The van der Waals surface area contributed by atoms with Crippen LogP contribution < -0.4 is 0 Å². The predicted octanol–water partition coefficient (Wildman–Crippen LogP) is 13.7. The summed E-state index contributed by atoms with van der Waals surface area (Å²) in [7, 11) is 0. The van der Waals surface area contributed by atoms with Gasteiger partial charge in [-0.15, -0.1) is 0 Å². The highest BCUT2D eigenvalue weighted by molar-refractivity contribution is 6.12. The summed E-state index contributed by atoms with van der Waals surface area (Å²) < 4.78 is 2.43. The van der Waals surface area contributed by atoms with Gasteiger partial charge in [-0.25, -0.2) is 9.97 Å². The first-order chi connectivity index (χ1) is 27.5. The van der Waals surface area contributed by atoms with Crippen LogP contribution in [-0.2, 0) is 5.41 Å². The Bertz CT molecular complexity index is 3120. The Balaban J connectivity index is 1.01. The van der Waals surface area contributed by atoms with Crippen LogP contribution in [0.4, 0.5) is 0 Å². The Morgan fingerprint density at radius 2 is 0.982 bits per heavy atom. The zero-order valence-corrected chi connectivity index (χ0v) is 31.2. The standard InChI is InChI=1S/C53H37N3/c1-53(2)46-19-11-9-17-41(46)43-32-45-44-31-39(29-30-49(44)56(50(45)33-47(43)53)40-15-7-4-8-16-40)36-23-27-38(28-24-36)52-54-48-20-12-10-18-42(48)51(55-52)37-25-21-35(22-26-37)34-13-5-3-6-14-34/h3-33H,1-2H3. The van der Waals surface area contributed by atoms with E-state index in [1.165, 1.54) is 66.4 Å². The summed E-state index contributed by atoms with van der Waals surface area (Å²) in [6.45, 7) is 4.71. The number of hydrogen-bond acceptors (Lipinski definition) is 2. The van der Waals surface area contributed by atoms with E-state index >= 15 is 0 Å². The van der Waals surface area contributed by atoms with Crippen LogP contribution in [0.1, 0.15) is 25.0 Å². The molecule has 2 aromatic heterocycles. The Morgan fingerprint density at radius 1 is 0.393 bits per heavy atom. The second-order valence-corrected chi connectivity index (χ2v) is 15.4. The molecule has 0 aliphatic heterocycles. The minimum atomic E-state index is -0.0759. The summed E-state index contributed by atoms with van der Waals surface area (Å²) >= 11 is 0. The van der Waals surface area contributed by atoms with Crippen LogP contribution in [0, 0.1) is 0 Å². The lowest BCUT2D eigenvalue weighted by Gasteiger charge is -2.21. The minimum Gasteiger partial charge on any atom is -0.309 e. The second kappa shape index (κ2) is 12.5. The smallest absolute Gasteiger partial charge is 0.160 e. The van der Waals surface area contributed by atoms with Gasteiger partial charge in [0.05, 0.1) is 22.2 Å². The molecular formula is C53H37N3. The van der Waals surface area contributed by atoms with Crippen molar-refractivity contribution in [3.8, 4) is 61.7 Å². The first kappa shape index (κ1) is 32.3. The lowest BCUT2D eigenvalue weighted by Crippen LogP contribution is -2.14. The van der Waals surface area contributed by atoms with Crippen molar-refractivity contribution < 1.29 is 0 Å². The van der Waals surface area contributed by atoms with Crippen molar-refractivity contribution in [2.45, 2.75) is 19.3 Å². The topological polar surface area (TPSA) is 30.7 Å². The summed E-state index contributed by atoms with van der Waals surface area (Å²) in [4.78, 5) is 10.2. The molecule has 2 heterocycles. The van der Waals surface area contributed by atoms with E-state index in [4.69, 9.17) is 9.97 Å². The molecular weight excluding hydrogens is 679 g/mol. The van der Waals surface area contributed by atoms with E-state index in [0.717, 1.165) is 39.1 Å². The molecule has 1 aliphatic rings. The molecule has 0 fully saturated rings. The van der Waals surface area contributed by atoms with Gasteiger partial charge in [-0.2, -0.15) is 0 Å². The summed E-state index contributed by atoms with van der Waals surface area (Å²) in [6.07, 6.45) is 0. The van der Waals surface area contributed by atoms with Gasteiger partial charge in [-0.1, -0.05) is 159 Å². The molecule has 0 radical (unpaired) electrons. The molecule has 10 aromatic rings. The van der Waals surface area contributed by atoms with E-state index < -0.39 is 0 Å². The monoisotopic (exact) mass is 715 g/mol. The average Bonchev–Trinajstić information content (AvgIpc) is 3.70. The van der Waals surface area contributed by atoms with Gasteiger partial charge in [0.15, 0.2) is 5.82 Å². The van der Waals surface area contributed by atoms with Crippen molar-refractivity contribution in [2.24, 2.45) is 0 Å². The molecule has 0 saturated heterocycles. The molecule has 0 atom stereocenters. The van der Waals surface area contributed by atoms with Crippen LogP contribution in [0.15, 0.2) is 188 Å².